The Bertz CT molecular complexity index is 901. The zero-order valence-electron chi connectivity index (χ0n) is 14.5. The Kier molecular flexibility index (Phi) is 4.87. The quantitative estimate of drug-likeness (QED) is 0.741. The summed E-state index contributed by atoms with van der Waals surface area (Å²) < 4.78 is 35.6. The molecule has 0 spiro atoms. The van der Waals surface area contributed by atoms with Crippen LogP contribution in [0.3, 0.4) is 0 Å². The minimum Gasteiger partial charge on any atom is -0.392 e. The topological polar surface area (TPSA) is 68.3 Å². The normalized spacial score (nSPS) is 14.9. The monoisotopic (exact) mass is 375 g/mol. The van der Waals surface area contributed by atoms with Crippen molar-refractivity contribution in [3.63, 3.8) is 0 Å². The Balaban J connectivity index is 1.74. The molecule has 2 aromatic heterocycles. The number of alkyl halides is 2. The van der Waals surface area contributed by atoms with E-state index in [2.05, 4.69) is 15.1 Å². The molecule has 4 rings (SSSR count). The van der Waals surface area contributed by atoms with Gasteiger partial charge in [-0.2, -0.15) is 10.2 Å². The third-order valence-electron chi connectivity index (χ3n) is 4.50. The van der Waals surface area contributed by atoms with Gasteiger partial charge in [-0.3, -0.25) is 0 Å². The third-order valence-corrected chi connectivity index (χ3v) is 4.50. The molecule has 1 aromatic carbocycles. The van der Waals surface area contributed by atoms with E-state index in [9.17, 15) is 8.78 Å². The summed E-state index contributed by atoms with van der Waals surface area (Å²) >= 11 is 0. The lowest BCUT2D eigenvalue weighted by Crippen LogP contribution is -2.37. The maximum atomic E-state index is 13.7. The predicted octanol–water partition coefficient (Wildman–Crippen LogP) is 2.32. The van der Waals surface area contributed by atoms with E-state index in [-0.39, 0.29) is 18.0 Å². The van der Waals surface area contributed by atoms with Crippen LogP contribution in [0.1, 0.15) is 17.7 Å². The molecule has 0 aliphatic carbocycles. The van der Waals surface area contributed by atoms with Gasteiger partial charge in [-0.05, 0) is 17.7 Å². The summed E-state index contributed by atoms with van der Waals surface area (Å²) in [6.45, 7) is 2.44. The number of benzene rings is 1. The van der Waals surface area contributed by atoms with Crippen LogP contribution in [0.2, 0.25) is 0 Å². The molecule has 0 saturated carbocycles. The van der Waals surface area contributed by atoms with Gasteiger partial charge in [0.15, 0.2) is 5.69 Å². The average molecular weight is 375 g/mol. The van der Waals surface area contributed by atoms with Crippen LogP contribution in [0.25, 0.3) is 11.4 Å². The molecule has 142 valence electrons. The molecule has 0 unspecified atom stereocenters. The van der Waals surface area contributed by atoms with E-state index in [4.69, 9.17) is 9.84 Å². The first-order valence-corrected chi connectivity index (χ1v) is 8.62. The van der Waals surface area contributed by atoms with Gasteiger partial charge in [0, 0.05) is 19.2 Å². The summed E-state index contributed by atoms with van der Waals surface area (Å²) in [5.41, 5.74) is 1.27. The minimum absolute atomic E-state index is 0.0802. The van der Waals surface area contributed by atoms with E-state index in [1.54, 1.807) is 42.7 Å². The molecule has 1 aliphatic rings. The highest BCUT2D eigenvalue weighted by Gasteiger charge is 2.24. The van der Waals surface area contributed by atoms with E-state index < -0.39 is 6.43 Å². The molecule has 0 amide bonds. The molecule has 1 N–H and O–H groups in total. The Morgan fingerprint density at radius 3 is 2.52 bits per heavy atom. The first-order chi connectivity index (χ1) is 13.2. The van der Waals surface area contributed by atoms with Gasteiger partial charge in [-0.15, -0.1) is 0 Å². The van der Waals surface area contributed by atoms with Gasteiger partial charge in [0.2, 0.25) is 0 Å². The molecule has 0 radical (unpaired) electrons. The van der Waals surface area contributed by atoms with Crippen molar-refractivity contribution in [1.82, 2.24) is 19.6 Å². The van der Waals surface area contributed by atoms with Crippen LogP contribution >= 0.6 is 0 Å². The molecule has 3 aromatic rings. The maximum Gasteiger partial charge on any atom is 0.284 e. The average Bonchev–Trinajstić information content (AvgIpc) is 3.36. The summed E-state index contributed by atoms with van der Waals surface area (Å²) in [4.78, 5) is 2.05. The van der Waals surface area contributed by atoms with Crippen molar-refractivity contribution in [3.05, 3.63) is 54.0 Å². The molecule has 1 fully saturated rings. The van der Waals surface area contributed by atoms with E-state index in [1.807, 2.05) is 0 Å². The molecule has 0 atom stereocenters. The van der Waals surface area contributed by atoms with E-state index in [0.29, 0.717) is 32.0 Å². The standard InChI is InChI=1S/C18H19F2N5O2/c19-18(20)17-15(11-24(22-17)14-3-1-13(12-26)2-4-14)25-16(5-6-21-25)23-7-9-27-10-8-23/h1-6,11,18,26H,7-10,12H2. The Morgan fingerprint density at radius 2 is 1.85 bits per heavy atom. The van der Waals surface area contributed by atoms with Crippen molar-refractivity contribution < 1.29 is 18.6 Å². The number of aliphatic hydroxyl groups excluding tert-OH is 1. The fraction of sp³-hybridized carbons (Fsp3) is 0.333. The zero-order chi connectivity index (χ0) is 18.8. The number of aliphatic hydroxyl groups is 1. The maximum absolute atomic E-state index is 13.7. The number of halogens is 2. The highest BCUT2D eigenvalue weighted by molar-refractivity contribution is 5.50. The highest BCUT2D eigenvalue weighted by Crippen LogP contribution is 2.29. The van der Waals surface area contributed by atoms with Gasteiger partial charge in [0.05, 0.1) is 37.9 Å². The van der Waals surface area contributed by atoms with Crippen LogP contribution in [0.4, 0.5) is 14.6 Å². The SMILES string of the molecule is OCc1ccc(-n2cc(-n3nccc3N3CCOCC3)c(C(F)F)n2)cc1. The number of hydrogen-bond donors (Lipinski definition) is 1. The van der Waals surface area contributed by atoms with Gasteiger partial charge >= 0.3 is 0 Å². The number of ether oxygens (including phenoxy) is 1. The van der Waals surface area contributed by atoms with Crippen LogP contribution in [0.15, 0.2) is 42.7 Å². The smallest absolute Gasteiger partial charge is 0.284 e. The molecular weight excluding hydrogens is 356 g/mol. The minimum atomic E-state index is -2.74. The molecule has 27 heavy (non-hydrogen) atoms. The Hall–Kier alpha value is -2.78. The fourth-order valence-electron chi connectivity index (χ4n) is 3.10. The highest BCUT2D eigenvalue weighted by atomic mass is 19.3. The summed E-state index contributed by atoms with van der Waals surface area (Å²) in [6.07, 6.45) is 0.402. The number of rotatable bonds is 5. The van der Waals surface area contributed by atoms with Gasteiger partial charge in [-0.25, -0.2) is 18.1 Å². The van der Waals surface area contributed by atoms with E-state index in [1.165, 1.54) is 9.36 Å². The third kappa shape index (κ3) is 3.43. The lowest BCUT2D eigenvalue weighted by Gasteiger charge is -2.28. The van der Waals surface area contributed by atoms with E-state index in [0.717, 1.165) is 11.4 Å². The van der Waals surface area contributed by atoms with Crippen LogP contribution in [0.5, 0.6) is 0 Å². The number of hydrogen-bond acceptors (Lipinski definition) is 5. The zero-order valence-corrected chi connectivity index (χ0v) is 14.5. The summed E-state index contributed by atoms with van der Waals surface area (Å²) in [5.74, 6) is 0.732. The molecule has 1 saturated heterocycles. The predicted molar refractivity (Wildman–Crippen MR) is 94.6 cm³/mol. The van der Waals surface area contributed by atoms with Crippen molar-refractivity contribution in [2.24, 2.45) is 0 Å². The van der Waals surface area contributed by atoms with Crippen molar-refractivity contribution in [2.45, 2.75) is 13.0 Å². The summed E-state index contributed by atoms with van der Waals surface area (Å²) in [6, 6.07) is 8.71. The second kappa shape index (κ2) is 7.45. The van der Waals surface area contributed by atoms with Gasteiger partial charge < -0.3 is 14.7 Å². The first-order valence-electron chi connectivity index (χ1n) is 8.62. The number of morpholine rings is 1. The molecular formula is C18H19F2N5O2. The van der Waals surface area contributed by atoms with Crippen molar-refractivity contribution in [1.29, 1.82) is 0 Å². The van der Waals surface area contributed by atoms with Gasteiger partial charge in [0.1, 0.15) is 11.5 Å². The molecule has 3 heterocycles. The van der Waals surface area contributed by atoms with Crippen molar-refractivity contribution >= 4 is 5.82 Å². The number of aromatic nitrogens is 4. The fourth-order valence-corrected chi connectivity index (χ4v) is 3.10. The number of anilines is 1. The second-order valence-corrected chi connectivity index (χ2v) is 6.17. The summed E-state index contributed by atoms with van der Waals surface area (Å²) in [7, 11) is 0. The molecule has 1 aliphatic heterocycles. The van der Waals surface area contributed by atoms with Gasteiger partial charge in [-0.1, -0.05) is 12.1 Å². The molecule has 7 nitrogen and oxygen atoms in total. The lowest BCUT2D eigenvalue weighted by atomic mass is 10.2. The largest absolute Gasteiger partial charge is 0.392 e. The first kappa shape index (κ1) is 17.6. The molecule has 0 bridgehead atoms. The number of nitrogens with zero attached hydrogens (tertiary/aromatic N) is 5. The van der Waals surface area contributed by atoms with Crippen molar-refractivity contribution in [2.75, 3.05) is 31.2 Å². The second-order valence-electron chi connectivity index (χ2n) is 6.17. The van der Waals surface area contributed by atoms with E-state index >= 15 is 0 Å². The lowest BCUT2D eigenvalue weighted by molar-refractivity contribution is 0.122. The van der Waals surface area contributed by atoms with Crippen LogP contribution in [0, 0.1) is 0 Å². The van der Waals surface area contributed by atoms with Crippen LogP contribution in [-0.2, 0) is 11.3 Å². The Labute approximate surface area is 154 Å². The van der Waals surface area contributed by atoms with Crippen LogP contribution < -0.4 is 4.90 Å². The van der Waals surface area contributed by atoms with Crippen LogP contribution in [-0.4, -0.2) is 51.0 Å². The Morgan fingerprint density at radius 1 is 1.11 bits per heavy atom. The molecule has 9 heteroatoms. The van der Waals surface area contributed by atoms with Gasteiger partial charge in [0.25, 0.3) is 6.43 Å². The van der Waals surface area contributed by atoms with Crippen molar-refractivity contribution in [3.8, 4) is 11.4 Å². The summed E-state index contributed by atoms with van der Waals surface area (Å²) in [5, 5.41) is 17.5.